The van der Waals surface area contributed by atoms with Crippen LogP contribution in [0.25, 0.3) is 6.08 Å². The lowest BCUT2D eigenvalue weighted by Gasteiger charge is -2.16. The fourth-order valence-electron chi connectivity index (χ4n) is 2.75. The number of furan rings is 1. The zero-order valence-corrected chi connectivity index (χ0v) is 15.8. The molecule has 2 N–H and O–H groups in total. The second-order valence-electron chi connectivity index (χ2n) is 6.50. The number of amides is 2. The Balaban J connectivity index is 1.81. The third-order valence-electron chi connectivity index (χ3n) is 4.25. The van der Waals surface area contributed by atoms with E-state index in [0.717, 1.165) is 11.1 Å². The summed E-state index contributed by atoms with van der Waals surface area (Å²) >= 11 is 0. The van der Waals surface area contributed by atoms with Crippen LogP contribution in [0.1, 0.15) is 40.2 Å². The maximum atomic E-state index is 12.9. The Kier molecular flexibility index (Phi) is 6.07. The maximum Gasteiger partial charge on any atom is 0.268 e. The van der Waals surface area contributed by atoms with E-state index in [9.17, 15) is 9.59 Å². The van der Waals surface area contributed by atoms with Crippen molar-refractivity contribution in [3.63, 3.8) is 0 Å². The molecule has 1 aromatic heterocycles. The van der Waals surface area contributed by atoms with Gasteiger partial charge < -0.3 is 15.1 Å². The van der Waals surface area contributed by atoms with Crippen LogP contribution in [0.15, 0.2) is 83.1 Å². The quantitative estimate of drug-likeness (QED) is 0.634. The molecule has 2 amide bonds. The summed E-state index contributed by atoms with van der Waals surface area (Å²) in [6.45, 7) is 3.80. The molecule has 28 heavy (non-hydrogen) atoms. The summed E-state index contributed by atoms with van der Waals surface area (Å²) in [5, 5.41) is 5.62. The standard InChI is InChI=1S/C23H22N2O3/c1-16-8-6-11-19(14-16)22(26)25-21(15-20-12-7-13-28-20)23(27)24-17(2)18-9-4-3-5-10-18/h3-15,17H,1-2H3,(H,24,27)(H,25,26)/b21-15-/t17-/m0/s1. The Morgan fingerprint density at radius 3 is 2.46 bits per heavy atom. The molecule has 142 valence electrons. The van der Waals surface area contributed by atoms with Crippen molar-refractivity contribution in [2.75, 3.05) is 0 Å². The average molecular weight is 374 g/mol. The van der Waals surface area contributed by atoms with Crippen LogP contribution in [0.3, 0.4) is 0 Å². The molecule has 0 bridgehead atoms. The number of benzene rings is 2. The van der Waals surface area contributed by atoms with Crippen LogP contribution in [-0.2, 0) is 4.79 Å². The van der Waals surface area contributed by atoms with Crippen molar-refractivity contribution in [1.29, 1.82) is 0 Å². The number of carbonyl (C=O) groups excluding carboxylic acids is 2. The van der Waals surface area contributed by atoms with E-state index in [1.807, 2.05) is 50.2 Å². The molecule has 3 aromatic rings. The van der Waals surface area contributed by atoms with Crippen molar-refractivity contribution in [3.8, 4) is 0 Å². The predicted molar refractivity (Wildman–Crippen MR) is 108 cm³/mol. The first-order valence-electron chi connectivity index (χ1n) is 9.02. The van der Waals surface area contributed by atoms with Gasteiger partial charge in [0.05, 0.1) is 12.3 Å². The molecule has 5 nitrogen and oxygen atoms in total. The van der Waals surface area contributed by atoms with E-state index in [0.29, 0.717) is 11.3 Å². The lowest BCUT2D eigenvalue weighted by atomic mass is 10.1. The molecule has 0 saturated heterocycles. The number of nitrogens with one attached hydrogen (secondary N) is 2. The van der Waals surface area contributed by atoms with E-state index in [-0.39, 0.29) is 17.6 Å². The fraction of sp³-hybridized carbons (Fsp3) is 0.130. The van der Waals surface area contributed by atoms with Gasteiger partial charge in [-0.3, -0.25) is 9.59 Å². The monoisotopic (exact) mass is 374 g/mol. The van der Waals surface area contributed by atoms with Crippen molar-refractivity contribution in [2.45, 2.75) is 19.9 Å². The summed E-state index contributed by atoms with van der Waals surface area (Å²) in [6, 6.07) is 20.0. The van der Waals surface area contributed by atoms with E-state index >= 15 is 0 Å². The number of hydrogen-bond donors (Lipinski definition) is 2. The smallest absolute Gasteiger partial charge is 0.268 e. The third-order valence-corrected chi connectivity index (χ3v) is 4.25. The average Bonchev–Trinajstić information content (AvgIpc) is 3.21. The van der Waals surface area contributed by atoms with Crippen molar-refractivity contribution in [1.82, 2.24) is 10.6 Å². The Hall–Kier alpha value is -3.60. The minimum atomic E-state index is -0.395. The van der Waals surface area contributed by atoms with Gasteiger partial charge in [-0.15, -0.1) is 0 Å². The lowest BCUT2D eigenvalue weighted by Crippen LogP contribution is -2.36. The van der Waals surface area contributed by atoms with Gasteiger partial charge in [-0.25, -0.2) is 0 Å². The maximum absolute atomic E-state index is 12.9. The Bertz CT molecular complexity index is 976. The van der Waals surface area contributed by atoms with Crippen LogP contribution >= 0.6 is 0 Å². The van der Waals surface area contributed by atoms with E-state index in [4.69, 9.17) is 4.42 Å². The molecule has 3 rings (SSSR count). The molecule has 1 atom stereocenters. The second kappa shape index (κ2) is 8.86. The van der Waals surface area contributed by atoms with Crippen LogP contribution in [-0.4, -0.2) is 11.8 Å². The van der Waals surface area contributed by atoms with Gasteiger partial charge >= 0.3 is 0 Å². The highest BCUT2D eigenvalue weighted by molar-refractivity contribution is 6.05. The first kappa shape index (κ1) is 19.2. The van der Waals surface area contributed by atoms with Gasteiger partial charge in [0.15, 0.2) is 0 Å². The largest absolute Gasteiger partial charge is 0.465 e. The van der Waals surface area contributed by atoms with Crippen molar-refractivity contribution in [3.05, 3.63) is 101 Å². The van der Waals surface area contributed by atoms with Crippen LogP contribution in [0.5, 0.6) is 0 Å². The highest BCUT2D eigenvalue weighted by atomic mass is 16.3. The number of rotatable bonds is 6. The van der Waals surface area contributed by atoms with E-state index in [1.165, 1.54) is 12.3 Å². The summed E-state index contributed by atoms with van der Waals surface area (Å²) in [5.41, 5.74) is 2.53. The van der Waals surface area contributed by atoms with Crippen molar-refractivity contribution < 1.29 is 14.0 Å². The minimum Gasteiger partial charge on any atom is -0.465 e. The minimum absolute atomic E-state index is 0.115. The molecule has 0 aliphatic carbocycles. The Morgan fingerprint density at radius 1 is 1.00 bits per heavy atom. The molecule has 0 aliphatic heterocycles. The molecule has 0 saturated carbocycles. The van der Waals surface area contributed by atoms with Crippen molar-refractivity contribution >= 4 is 17.9 Å². The van der Waals surface area contributed by atoms with E-state index < -0.39 is 5.91 Å². The summed E-state index contributed by atoms with van der Waals surface area (Å²) in [7, 11) is 0. The normalized spacial score (nSPS) is 12.3. The Labute approximate surface area is 164 Å². The summed E-state index contributed by atoms with van der Waals surface area (Å²) in [4.78, 5) is 25.5. The van der Waals surface area contributed by atoms with Gasteiger partial charge in [-0.2, -0.15) is 0 Å². The molecule has 0 fully saturated rings. The molecular weight excluding hydrogens is 352 g/mol. The van der Waals surface area contributed by atoms with Gasteiger partial charge in [0.1, 0.15) is 11.5 Å². The topological polar surface area (TPSA) is 71.3 Å². The summed E-state index contributed by atoms with van der Waals surface area (Å²) < 4.78 is 5.30. The molecule has 0 aliphatic rings. The molecule has 2 aromatic carbocycles. The zero-order chi connectivity index (χ0) is 19.9. The first-order valence-corrected chi connectivity index (χ1v) is 9.02. The first-order chi connectivity index (χ1) is 13.5. The van der Waals surface area contributed by atoms with Crippen LogP contribution in [0.4, 0.5) is 0 Å². The predicted octanol–water partition coefficient (Wildman–Crippen LogP) is 4.24. The van der Waals surface area contributed by atoms with Crippen LogP contribution < -0.4 is 10.6 Å². The molecule has 0 radical (unpaired) electrons. The molecule has 1 heterocycles. The summed E-state index contributed by atoms with van der Waals surface area (Å²) in [6.07, 6.45) is 3.02. The van der Waals surface area contributed by atoms with Crippen molar-refractivity contribution in [2.24, 2.45) is 0 Å². The van der Waals surface area contributed by atoms with E-state index in [2.05, 4.69) is 10.6 Å². The van der Waals surface area contributed by atoms with Crippen LogP contribution in [0, 0.1) is 6.92 Å². The lowest BCUT2D eigenvalue weighted by molar-refractivity contribution is -0.118. The zero-order valence-electron chi connectivity index (χ0n) is 15.8. The van der Waals surface area contributed by atoms with Crippen LogP contribution in [0.2, 0.25) is 0 Å². The number of aryl methyl sites for hydroxylation is 1. The van der Waals surface area contributed by atoms with Gasteiger partial charge in [-0.05, 0) is 43.7 Å². The SMILES string of the molecule is Cc1cccc(C(=O)N/C(=C\c2ccco2)C(=O)N[C@@H](C)c2ccccc2)c1. The highest BCUT2D eigenvalue weighted by Crippen LogP contribution is 2.14. The highest BCUT2D eigenvalue weighted by Gasteiger charge is 2.18. The molecule has 0 spiro atoms. The van der Waals surface area contributed by atoms with Gasteiger partial charge in [-0.1, -0.05) is 48.0 Å². The fourth-order valence-corrected chi connectivity index (χ4v) is 2.75. The number of hydrogen-bond acceptors (Lipinski definition) is 3. The number of carbonyl (C=O) groups is 2. The molecule has 5 heteroatoms. The van der Waals surface area contributed by atoms with E-state index in [1.54, 1.807) is 30.3 Å². The van der Waals surface area contributed by atoms with Gasteiger partial charge in [0, 0.05) is 11.6 Å². The molecule has 0 unspecified atom stereocenters. The molecular formula is C23H22N2O3. The second-order valence-corrected chi connectivity index (χ2v) is 6.50. The Morgan fingerprint density at radius 2 is 1.79 bits per heavy atom. The third kappa shape index (κ3) is 4.98. The van der Waals surface area contributed by atoms with Gasteiger partial charge in [0.2, 0.25) is 0 Å². The van der Waals surface area contributed by atoms with Gasteiger partial charge in [0.25, 0.3) is 11.8 Å². The summed E-state index contributed by atoms with van der Waals surface area (Å²) in [5.74, 6) is -0.278.